The summed E-state index contributed by atoms with van der Waals surface area (Å²) in [5, 5.41) is 0. The van der Waals surface area contributed by atoms with Gasteiger partial charge in [0, 0.05) is 6.42 Å². The Hall–Kier alpha value is -0.660. The third-order valence-electron chi connectivity index (χ3n) is 1.33. The van der Waals surface area contributed by atoms with Crippen LogP contribution in [0.3, 0.4) is 0 Å². The van der Waals surface area contributed by atoms with Crippen LogP contribution in [0.15, 0.2) is 0 Å². The molecule has 0 atom stereocenters. The van der Waals surface area contributed by atoms with Crippen LogP contribution < -0.4 is 0 Å². The zero-order valence-electron chi connectivity index (χ0n) is 6.10. The summed E-state index contributed by atoms with van der Waals surface area (Å²) in [7, 11) is 0. The van der Waals surface area contributed by atoms with Crippen LogP contribution in [0, 0.1) is 5.41 Å². The third-order valence-corrected chi connectivity index (χ3v) is 1.33. The Labute approximate surface area is 62.6 Å². The Morgan fingerprint density at radius 3 is 2.00 bits per heavy atom. The van der Waals surface area contributed by atoms with Gasteiger partial charge in [0.05, 0.1) is 5.41 Å². The van der Waals surface area contributed by atoms with Crippen LogP contribution in [0.5, 0.6) is 0 Å². The number of rotatable bonds is 3. The number of hydrogen-bond acceptors (Lipinski definition) is 2. The minimum Gasteiger partial charge on any atom is -0.302 e. The van der Waals surface area contributed by atoms with E-state index in [4.69, 9.17) is 0 Å². The van der Waals surface area contributed by atoms with Crippen molar-refractivity contribution in [2.24, 2.45) is 5.41 Å². The molecule has 0 saturated heterocycles. The maximum absolute atomic E-state index is 10.8. The lowest BCUT2D eigenvalue weighted by molar-refractivity contribution is -0.132. The molecular weight excluding hydrogens is 128 g/mol. The molecule has 0 rings (SSSR count). The van der Waals surface area contributed by atoms with Crippen molar-refractivity contribution >= 4 is 12.1 Å². The van der Waals surface area contributed by atoms with Gasteiger partial charge in [0.15, 0.2) is 0 Å². The van der Waals surface area contributed by atoms with Gasteiger partial charge in [-0.3, -0.25) is 4.79 Å². The summed E-state index contributed by atoms with van der Waals surface area (Å²) in [5.41, 5.74) is -0.769. The fourth-order valence-corrected chi connectivity index (χ4v) is 0.521. The number of carbonyl (C=O) groups excluding carboxylic acids is 2. The van der Waals surface area contributed by atoms with Crippen molar-refractivity contribution in [2.45, 2.75) is 34.6 Å². The van der Waals surface area contributed by atoms with Crippen molar-refractivity contribution in [1.82, 2.24) is 0 Å². The van der Waals surface area contributed by atoms with Crippen molar-refractivity contribution in [3.8, 4) is 0 Å². The first kappa shape index (κ1) is 12.1. The highest BCUT2D eigenvalue weighted by Gasteiger charge is 2.24. The lowest BCUT2D eigenvalue weighted by Gasteiger charge is -2.12. The van der Waals surface area contributed by atoms with Crippen LogP contribution in [0.25, 0.3) is 0 Å². The van der Waals surface area contributed by atoms with Crippen molar-refractivity contribution < 1.29 is 9.59 Å². The molecule has 0 N–H and O–H groups in total. The summed E-state index contributed by atoms with van der Waals surface area (Å²) in [5.74, 6) is -0.00231. The highest BCUT2D eigenvalue weighted by Crippen LogP contribution is 2.13. The van der Waals surface area contributed by atoms with E-state index in [9.17, 15) is 9.59 Å². The van der Waals surface area contributed by atoms with E-state index in [0.717, 1.165) is 0 Å². The molecule has 60 valence electrons. The van der Waals surface area contributed by atoms with Gasteiger partial charge in [0.25, 0.3) is 0 Å². The van der Waals surface area contributed by atoms with Crippen molar-refractivity contribution in [3.05, 3.63) is 0 Å². The quantitative estimate of drug-likeness (QED) is 0.447. The van der Waals surface area contributed by atoms with Gasteiger partial charge < -0.3 is 4.79 Å². The maximum Gasteiger partial charge on any atom is 0.145 e. The monoisotopic (exact) mass is 144 g/mol. The SMILES string of the molecule is C.CCC(=O)C(C)(C)C=O. The predicted molar refractivity (Wildman–Crippen MR) is 41.9 cm³/mol. The molecule has 0 amide bonds. The molecule has 0 spiro atoms. The maximum atomic E-state index is 10.8. The zero-order chi connectivity index (χ0) is 7.49. The van der Waals surface area contributed by atoms with Crippen molar-refractivity contribution in [2.75, 3.05) is 0 Å². The van der Waals surface area contributed by atoms with E-state index in [1.807, 2.05) is 0 Å². The molecule has 2 nitrogen and oxygen atoms in total. The van der Waals surface area contributed by atoms with Crippen LogP contribution in [0.2, 0.25) is 0 Å². The Morgan fingerprint density at radius 1 is 1.50 bits per heavy atom. The molecule has 0 bridgehead atoms. The molecular formula is C8H16O2. The summed E-state index contributed by atoms with van der Waals surface area (Å²) in [6.45, 7) is 5.02. The summed E-state index contributed by atoms with van der Waals surface area (Å²) in [4.78, 5) is 21.0. The summed E-state index contributed by atoms with van der Waals surface area (Å²) >= 11 is 0. The molecule has 0 aromatic rings. The largest absolute Gasteiger partial charge is 0.302 e. The molecule has 10 heavy (non-hydrogen) atoms. The number of aldehydes is 1. The minimum atomic E-state index is -0.769. The van der Waals surface area contributed by atoms with Gasteiger partial charge in [-0.2, -0.15) is 0 Å². The second kappa shape index (κ2) is 4.20. The van der Waals surface area contributed by atoms with E-state index in [-0.39, 0.29) is 13.2 Å². The van der Waals surface area contributed by atoms with E-state index in [2.05, 4.69) is 0 Å². The van der Waals surface area contributed by atoms with Crippen LogP contribution in [-0.4, -0.2) is 12.1 Å². The molecule has 0 aliphatic heterocycles. The first-order valence-electron chi connectivity index (χ1n) is 3.04. The topological polar surface area (TPSA) is 34.1 Å². The molecule has 0 radical (unpaired) electrons. The normalized spacial score (nSPS) is 9.90. The fourth-order valence-electron chi connectivity index (χ4n) is 0.521. The van der Waals surface area contributed by atoms with Gasteiger partial charge in [-0.15, -0.1) is 0 Å². The Balaban J connectivity index is 0. The number of ketones is 1. The molecule has 0 heterocycles. The Kier molecular flexibility index (Phi) is 5.07. The van der Waals surface area contributed by atoms with E-state index >= 15 is 0 Å². The second-order valence-corrected chi connectivity index (χ2v) is 2.62. The Bertz CT molecular complexity index is 125. The van der Waals surface area contributed by atoms with E-state index < -0.39 is 5.41 Å². The number of Topliss-reactive ketones (excluding diaryl/α,β-unsaturated/α-hetero) is 1. The lowest BCUT2D eigenvalue weighted by atomic mass is 9.89. The average Bonchev–Trinajstić information content (AvgIpc) is 1.86. The molecule has 0 unspecified atom stereocenters. The number of hydrogen-bond donors (Lipinski definition) is 0. The van der Waals surface area contributed by atoms with Crippen LogP contribution in [-0.2, 0) is 9.59 Å². The molecule has 2 heteroatoms. The van der Waals surface area contributed by atoms with Gasteiger partial charge in [0.2, 0.25) is 0 Å². The van der Waals surface area contributed by atoms with E-state index in [1.165, 1.54) is 0 Å². The van der Waals surface area contributed by atoms with E-state index in [1.54, 1.807) is 20.8 Å². The van der Waals surface area contributed by atoms with Gasteiger partial charge in [0.1, 0.15) is 12.1 Å². The highest BCUT2D eigenvalue weighted by atomic mass is 16.1. The van der Waals surface area contributed by atoms with Crippen molar-refractivity contribution in [1.29, 1.82) is 0 Å². The minimum absolute atomic E-state index is 0. The number of carbonyl (C=O) groups is 2. The highest BCUT2D eigenvalue weighted by molar-refractivity contribution is 5.96. The average molecular weight is 144 g/mol. The van der Waals surface area contributed by atoms with Gasteiger partial charge in [-0.25, -0.2) is 0 Å². The molecule has 0 aliphatic carbocycles. The fraction of sp³-hybridized carbons (Fsp3) is 0.750. The smallest absolute Gasteiger partial charge is 0.145 e. The van der Waals surface area contributed by atoms with Gasteiger partial charge >= 0.3 is 0 Å². The second-order valence-electron chi connectivity index (χ2n) is 2.62. The summed E-state index contributed by atoms with van der Waals surface area (Å²) in [6.07, 6.45) is 1.13. The van der Waals surface area contributed by atoms with E-state index in [0.29, 0.717) is 12.7 Å². The first-order chi connectivity index (χ1) is 4.04. The third kappa shape index (κ3) is 2.76. The standard InChI is InChI=1S/C7H12O2.CH4/c1-4-6(9)7(2,3)5-8;/h5H,4H2,1-3H3;1H4. The molecule has 0 fully saturated rings. The summed E-state index contributed by atoms with van der Waals surface area (Å²) in [6, 6.07) is 0. The lowest BCUT2D eigenvalue weighted by Crippen LogP contribution is -2.24. The predicted octanol–water partition coefficient (Wildman–Crippen LogP) is 1.83. The van der Waals surface area contributed by atoms with Crippen LogP contribution >= 0.6 is 0 Å². The first-order valence-corrected chi connectivity index (χ1v) is 3.04. The zero-order valence-corrected chi connectivity index (χ0v) is 6.10. The van der Waals surface area contributed by atoms with Crippen LogP contribution in [0.4, 0.5) is 0 Å². The molecule has 0 saturated carbocycles. The van der Waals surface area contributed by atoms with Gasteiger partial charge in [-0.05, 0) is 13.8 Å². The Morgan fingerprint density at radius 2 is 1.90 bits per heavy atom. The molecule has 0 aliphatic rings. The molecule has 0 aromatic carbocycles. The van der Waals surface area contributed by atoms with Gasteiger partial charge in [-0.1, -0.05) is 14.4 Å². The van der Waals surface area contributed by atoms with Crippen molar-refractivity contribution in [3.63, 3.8) is 0 Å². The summed E-state index contributed by atoms with van der Waals surface area (Å²) < 4.78 is 0. The molecule has 0 aromatic heterocycles. The van der Waals surface area contributed by atoms with Crippen LogP contribution in [0.1, 0.15) is 34.6 Å².